The van der Waals surface area contributed by atoms with Gasteiger partial charge in [0.25, 0.3) is 11.1 Å². The minimum absolute atomic E-state index is 0.0875. The van der Waals surface area contributed by atoms with E-state index >= 15 is 0 Å². The SMILES string of the molecule is COc1ccc(/C=C2\SC(=O)N(Cc3ccccc3Cl)C2=O)cc1OC(=O)c1ccccc1. The van der Waals surface area contributed by atoms with Gasteiger partial charge in [-0.3, -0.25) is 14.5 Å². The van der Waals surface area contributed by atoms with Crippen LogP contribution in [0.3, 0.4) is 0 Å². The van der Waals surface area contributed by atoms with Gasteiger partial charge in [0.05, 0.1) is 24.1 Å². The molecule has 0 spiro atoms. The molecule has 0 bridgehead atoms. The van der Waals surface area contributed by atoms with Crippen molar-refractivity contribution in [2.24, 2.45) is 0 Å². The highest BCUT2D eigenvalue weighted by Gasteiger charge is 2.35. The molecule has 0 aliphatic carbocycles. The predicted molar refractivity (Wildman–Crippen MR) is 127 cm³/mol. The molecule has 166 valence electrons. The first-order valence-electron chi connectivity index (χ1n) is 9.90. The molecular formula is C25H18ClNO5S. The van der Waals surface area contributed by atoms with Crippen LogP contribution in [0.5, 0.6) is 11.5 Å². The fourth-order valence-corrected chi connectivity index (χ4v) is 4.21. The molecule has 3 aromatic rings. The number of imide groups is 1. The van der Waals surface area contributed by atoms with Crippen LogP contribution < -0.4 is 9.47 Å². The van der Waals surface area contributed by atoms with Crippen molar-refractivity contribution in [1.82, 2.24) is 4.90 Å². The third-order valence-corrected chi connectivity index (χ3v) is 6.13. The van der Waals surface area contributed by atoms with E-state index in [1.54, 1.807) is 78.9 Å². The quantitative estimate of drug-likeness (QED) is 0.252. The molecule has 1 heterocycles. The topological polar surface area (TPSA) is 72.9 Å². The van der Waals surface area contributed by atoms with E-state index in [-0.39, 0.29) is 22.4 Å². The molecule has 0 saturated carbocycles. The molecule has 0 radical (unpaired) electrons. The fourth-order valence-electron chi connectivity index (χ4n) is 3.18. The van der Waals surface area contributed by atoms with Crippen molar-refractivity contribution in [3.05, 3.63) is 99.4 Å². The number of rotatable bonds is 6. The Labute approximate surface area is 199 Å². The molecular weight excluding hydrogens is 462 g/mol. The van der Waals surface area contributed by atoms with E-state index in [0.29, 0.717) is 27.5 Å². The maximum atomic E-state index is 12.9. The van der Waals surface area contributed by atoms with Gasteiger partial charge in [0, 0.05) is 5.02 Å². The van der Waals surface area contributed by atoms with Crippen molar-refractivity contribution in [3.63, 3.8) is 0 Å². The zero-order chi connectivity index (χ0) is 23.4. The van der Waals surface area contributed by atoms with E-state index in [2.05, 4.69) is 0 Å². The van der Waals surface area contributed by atoms with E-state index in [0.717, 1.165) is 16.7 Å². The molecule has 0 unspecified atom stereocenters. The first-order chi connectivity index (χ1) is 16.0. The van der Waals surface area contributed by atoms with Crippen LogP contribution in [0.15, 0.2) is 77.7 Å². The summed E-state index contributed by atoms with van der Waals surface area (Å²) in [5, 5.41) is 0.107. The number of hydrogen-bond acceptors (Lipinski definition) is 6. The summed E-state index contributed by atoms with van der Waals surface area (Å²) in [5.41, 5.74) is 1.66. The molecule has 3 aromatic carbocycles. The van der Waals surface area contributed by atoms with E-state index < -0.39 is 11.9 Å². The Hall–Kier alpha value is -3.55. The highest BCUT2D eigenvalue weighted by Crippen LogP contribution is 2.36. The Morgan fingerprint density at radius 3 is 2.45 bits per heavy atom. The number of benzene rings is 3. The van der Waals surface area contributed by atoms with Gasteiger partial charge < -0.3 is 9.47 Å². The van der Waals surface area contributed by atoms with Crippen LogP contribution in [0.25, 0.3) is 6.08 Å². The van der Waals surface area contributed by atoms with Gasteiger partial charge >= 0.3 is 5.97 Å². The molecule has 1 aliphatic heterocycles. The van der Waals surface area contributed by atoms with Crippen molar-refractivity contribution < 1.29 is 23.9 Å². The minimum Gasteiger partial charge on any atom is -0.493 e. The summed E-state index contributed by atoms with van der Waals surface area (Å²) in [7, 11) is 1.47. The molecule has 33 heavy (non-hydrogen) atoms. The zero-order valence-electron chi connectivity index (χ0n) is 17.5. The third-order valence-electron chi connectivity index (χ3n) is 4.86. The lowest BCUT2D eigenvalue weighted by atomic mass is 10.1. The molecule has 0 aromatic heterocycles. The number of hydrogen-bond donors (Lipinski definition) is 0. The van der Waals surface area contributed by atoms with Crippen molar-refractivity contribution in [2.75, 3.05) is 7.11 Å². The van der Waals surface area contributed by atoms with Gasteiger partial charge in [0.15, 0.2) is 11.5 Å². The van der Waals surface area contributed by atoms with Gasteiger partial charge in [-0.05, 0) is 59.3 Å². The number of halogens is 1. The average Bonchev–Trinajstić information content (AvgIpc) is 3.08. The molecule has 0 N–H and O–H groups in total. The number of amides is 2. The molecule has 1 aliphatic rings. The number of ether oxygens (including phenoxy) is 2. The van der Waals surface area contributed by atoms with Gasteiger partial charge in [0.2, 0.25) is 0 Å². The first-order valence-corrected chi connectivity index (χ1v) is 11.1. The Bertz CT molecular complexity index is 1260. The Balaban J connectivity index is 1.56. The molecule has 0 atom stereocenters. The second kappa shape index (κ2) is 9.94. The summed E-state index contributed by atoms with van der Waals surface area (Å²) in [4.78, 5) is 39.2. The highest BCUT2D eigenvalue weighted by molar-refractivity contribution is 8.18. The molecule has 1 saturated heterocycles. The third kappa shape index (κ3) is 5.10. The lowest BCUT2D eigenvalue weighted by Crippen LogP contribution is -2.27. The Kier molecular flexibility index (Phi) is 6.82. The molecule has 6 nitrogen and oxygen atoms in total. The summed E-state index contributed by atoms with van der Waals surface area (Å²) in [6.07, 6.45) is 1.58. The summed E-state index contributed by atoms with van der Waals surface area (Å²) in [6, 6.07) is 20.6. The zero-order valence-corrected chi connectivity index (χ0v) is 19.1. The van der Waals surface area contributed by atoms with Crippen LogP contribution in [-0.2, 0) is 11.3 Å². The van der Waals surface area contributed by atoms with Gasteiger partial charge in [-0.2, -0.15) is 0 Å². The number of carbonyl (C=O) groups is 3. The predicted octanol–water partition coefficient (Wildman–Crippen LogP) is 5.80. The Morgan fingerprint density at radius 1 is 1.00 bits per heavy atom. The van der Waals surface area contributed by atoms with Gasteiger partial charge in [-0.15, -0.1) is 0 Å². The van der Waals surface area contributed by atoms with Crippen LogP contribution in [0.2, 0.25) is 5.02 Å². The number of nitrogens with zero attached hydrogens (tertiary/aromatic N) is 1. The number of esters is 1. The lowest BCUT2D eigenvalue weighted by molar-refractivity contribution is -0.123. The molecule has 2 amide bonds. The van der Waals surface area contributed by atoms with Crippen molar-refractivity contribution in [3.8, 4) is 11.5 Å². The van der Waals surface area contributed by atoms with E-state index in [1.807, 2.05) is 0 Å². The second-order valence-electron chi connectivity index (χ2n) is 7.03. The minimum atomic E-state index is -0.536. The summed E-state index contributed by atoms with van der Waals surface area (Å²) in [6.45, 7) is 0.0875. The smallest absolute Gasteiger partial charge is 0.343 e. The van der Waals surface area contributed by atoms with E-state index in [4.69, 9.17) is 21.1 Å². The largest absolute Gasteiger partial charge is 0.493 e. The summed E-state index contributed by atoms with van der Waals surface area (Å²) < 4.78 is 10.8. The fraction of sp³-hybridized carbons (Fsp3) is 0.0800. The van der Waals surface area contributed by atoms with Gasteiger partial charge in [-0.1, -0.05) is 54.1 Å². The average molecular weight is 480 g/mol. The van der Waals surface area contributed by atoms with Crippen LogP contribution in [-0.4, -0.2) is 29.1 Å². The van der Waals surface area contributed by atoms with E-state index in [9.17, 15) is 14.4 Å². The standard InChI is InChI=1S/C25H18ClNO5S/c1-31-20-12-11-16(13-21(20)32-24(29)17-7-3-2-4-8-17)14-22-23(28)27(25(30)33-22)15-18-9-5-6-10-19(18)26/h2-14H,15H2,1H3/b22-14-. The maximum absolute atomic E-state index is 12.9. The number of thioether (sulfide) groups is 1. The van der Waals surface area contributed by atoms with Crippen molar-refractivity contribution in [2.45, 2.75) is 6.54 Å². The summed E-state index contributed by atoms with van der Waals surface area (Å²) in [5.74, 6) is -0.381. The summed E-state index contributed by atoms with van der Waals surface area (Å²) >= 11 is 7.02. The van der Waals surface area contributed by atoms with Crippen LogP contribution in [0, 0.1) is 0 Å². The Morgan fingerprint density at radius 2 is 1.73 bits per heavy atom. The second-order valence-corrected chi connectivity index (χ2v) is 8.43. The molecule has 8 heteroatoms. The maximum Gasteiger partial charge on any atom is 0.343 e. The van der Waals surface area contributed by atoms with Crippen molar-refractivity contribution in [1.29, 1.82) is 0 Å². The van der Waals surface area contributed by atoms with Crippen LogP contribution >= 0.6 is 23.4 Å². The van der Waals surface area contributed by atoms with E-state index in [1.165, 1.54) is 7.11 Å². The van der Waals surface area contributed by atoms with Crippen LogP contribution in [0.1, 0.15) is 21.5 Å². The molecule has 1 fully saturated rings. The normalized spacial score (nSPS) is 14.6. The highest BCUT2D eigenvalue weighted by atomic mass is 35.5. The van der Waals surface area contributed by atoms with Gasteiger partial charge in [0.1, 0.15) is 0 Å². The van der Waals surface area contributed by atoms with Crippen LogP contribution in [0.4, 0.5) is 4.79 Å². The molecule has 4 rings (SSSR count). The lowest BCUT2D eigenvalue weighted by Gasteiger charge is -2.13. The first kappa shape index (κ1) is 22.6. The van der Waals surface area contributed by atoms with Crippen molar-refractivity contribution >= 4 is 46.6 Å². The van der Waals surface area contributed by atoms with Gasteiger partial charge in [-0.25, -0.2) is 4.79 Å². The monoisotopic (exact) mass is 479 g/mol. The number of carbonyl (C=O) groups excluding carboxylic acids is 3. The number of methoxy groups -OCH3 is 1.